The molecule has 6 heterocycles. The minimum Gasteiger partial charge on any atom is -0.344 e. The number of carbonyl (C=O) groups is 2. The Hall–Kier alpha value is -4.35. The van der Waals surface area contributed by atoms with Gasteiger partial charge >= 0.3 is 0 Å². The first kappa shape index (κ1) is 27.4. The number of piperidine rings is 1. The van der Waals surface area contributed by atoms with Crippen molar-refractivity contribution in [1.82, 2.24) is 34.3 Å². The first-order valence-corrected chi connectivity index (χ1v) is 17.9. The molecular weight excluding hydrogens is 655 g/mol. The van der Waals surface area contributed by atoms with Gasteiger partial charge in [0.05, 0.1) is 34.2 Å². The van der Waals surface area contributed by atoms with Gasteiger partial charge < -0.3 is 25.1 Å². The highest BCUT2D eigenvalue weighted by atomic mass is 35.5. The summed E-state index contributed by atoms with van der Waals surface area (Å²) >= 11 is 6.16. The second kappa shape index (κ2) is 12.2. The molecule has 50 heavy (non-hydrogen) atoms. The molecule has 1 saturated heterocycles. The van der Waals surface area contributed by atoms with Gasteiger partial charge in [-0.3, -0.25) is 9.59 Å². The lowest BCUT2D eigenvalue weighted by atomic mass is 9.94. The first-order valence-electron chi connectivity index (χ1n) is 19.5. The normalized spacial score (nSPS) is 27.3. The van der Waals surface area contributed by atoms with Gasteiger partial charge in [0.2, 0.25) is 0 Å². The van der Waals surface area contributed by atoms with Crippen LogP contribution in [0.25, 0.3) is 33.6 Å². The molecule has 12 heteroatoms. The van der Waals surface area contributed by atoms with Gasteiger partial charge in [-0.2, -0.15) is 0 Å². The fourth-order valence-corrected chi connectivity index (χ4v) is 8.25. The predicted molar refractivity (Wildman–Crippen MR) is 190 cm³/mol. The number of fused-ring (bicyclic) bond motifs is 5. The Bertz CT molecular complexity index is 2380. The second-order valence-electron chi connectivity index (χ2n) is 14.2. The Morgan fingerprint density at radius 3 is 2.74 bits per heavy atom. The molecule has 3 N–H and O–H groups in total. The Morgan fingerprint density at radius 2 is 1.90 bits per heavy atom. The van der Waals surface area contributed by atoms with Crippen molar-refractivity contribution in [1.29, 1.82) is 0 Å². The van der Waals surface area contributed by atoms with Crippen LogP contribution in [-0.2, 0) is 12.9 Å². The van der Waals surface area contributed by atoms with Crippen LogP contribution in [0.2, 0.25) is 5.15 Å². The van der Waals surface area contributed by atoms with Gasteiger partial charge in [0, 0.05) is 47.6 Å². The number of hydrogen-bond donors (Lipinski definition) is 2. The zero-order valence-electron chi connectivity index (χ0n) is 31.6. The molecule has 2 aliphatic heterocycles. The summed E-state index contributed by atoms with van der Waals surface area (Å²) in [5.41, 5.74) is 8.61. The van der Waals surface area contributed by atoms with Crippen molar-refractivity contribution >= 4 is 45.5 Å². The van der Waals surface area contributed by atoms with Crippen molar-refractivity contribution in [2.24, 2.45) is 11.7 Å². The van der Waals surface area contributed by atoms with Crippen LogP contribution in [0.15, 0.2) is 42.5 Å². The summed E-state index contributed by atoms with van der Waals surface area (Å²) in [4.78, 5) is 43.4. The molecule has 0 unspecified atom stereocenters. The maximum atomic E-state index is 16.3. The van der Waals surface area contributed by atoms with Gasteiger partial charge in [0.15, 0.2) is 5.82 Å². The van der Waals surface area contributed by atoms with Crippen LogP contribution in [-0.4, -0.2) is 59.4 Å². The van der Waals surface area contributed by atoms with E-state index < -0.39 is 30.5 Å². The minimum absolute atomic E-state index is 0.000382. The number of likely N-dealkylation sites (tertiary alicyclic amines) is 1. The summed E-state index contributed by atoms with van der Waals surface area (Å²) in [6, 6.07) is 10.8. The van der Waals surface area contributed by atoms with Crippen LogP contribution in [0.1, 0.15) is 108 Å². The van der Waals surface area contributed by atoms with E-state index in [1.807, 2.05) is 32.2 Å². The molecule has 4 aliphatic rings. The number of nitrogens with zero attached hydrogens (tertiary/aromatic N) is 6. The van der Waals surface area contributed by atoms with E-state index in [1.54, 1.807) is 13.0 Å². The highest BCUT2D eigenvalue weighted by Crippen LogP contribution is 2.44. The SMILES string of the molecule is [2H]C1([2H])CCCn2c(-c3nc4cc(C(=O)N5C[C@H](N)[C@@H]6CC[C@H]5C6)cc(F)c4n3C3CC3)cc3ccc(nc32)[C@@H](C)NC(=O)c2ccc(Cl)nc2C1([2H])[2H]. The van der Waals surface area contributed by atoms with Crippen LogP contribution in [0.4, 0.5) is 4.39 Å². The Balaban J connectivity index is 1.16. The van der Waals surface area contributed by atoms with Crippen molar-refractivity contribution in [2.45, 2.75) is 95.3 Å². The number of aryl methyl sites for hydroxylation is 2. The fraction of sp³-hybridized carbons (Fsp3) is 0.447. The standard InChI is InChI=1S/C38H40ClFN8O2/c1-20-29-12-7-22-18-32(46(35(22)44-29)14-4-2-3-5-30-26(37(49)42-20)11-13-33(39)43-30)36-45-31-17-23(16-27(40)34(31)48(36)24-9-10-24)38(50)47-19-28(41)21-6-8-25(47)15-21/h7,11-13,16-18,20-21,24-25,28H,2-6,8-10,14-15,19,41H2,1H3,(H,42,49)/t20-,21-,25+,28+/m1/s1/i3D2,5D2. The third-order valence-electron chi connectivity index (χ3n) is 10.8. The topological polar surface area (TPSA) is 124 Å². The molecule has 258 valence electrons. The average molecular weight is 699 g/mol. The number of hydrogen-bond acceptors (Lipinski definition) is 6. The van der Waals surface area contributed by atoms with Gasteiger partial charge in [-0.05, 0) is 107 Å². The monoisotopic (exact) mass is 698 g/mol. The van der Waals surface area contributed by atoms with Gasteiger partial charge in [0.1, 0.15) is 22.1 Å². The largest absolute Gasteiger partial charge is 0.344 e. The lowest BCUT2D eigenvalue weighted by molar-refractivity contribution is 0.0603. The summed E-state index contributed by atoms with van der Waals surface area (Å²) in [7, 11) is 0. The van der Waals surface area contributed by atoms with Crippen molar-refractivity contribution in [3.8, 4) is 11.5 Å². The van der Waals surface area contributed by atoms with Crippen LogP contribution in [0.5, 0.6) is 0 Å². The maximum absolute atomic E-state index is 16.3. The lowest BCUT2D eigenvalue weighted by Crippen LogP contribution is -2.51. The van der Waals surface area contributed by atoms with Gasteiger partial charge in [-0.15, -0.1) is 0 Å². The molecule has 2 saturated carbocycles. The molecule has 0 radical (unpaired) electrons. The molecule has 10 nitrogen and oxygen atoms in total. The highest BCUT2D eigenvalue weighted by Gasteiger charge is 2.41. The zero-order chi connectivity index (χ0) is 37.8. The first-order chi connectivity index (χ1) is 25.7. The summed E-state index contributed by atoms with van der Waals surface area (Å²) in [6.07, 6.45) is -0.751. The molecule has 9 rings (SSSR count). The van der Waals surface area contributed by atoms with E-state index in [0.717, 1.165) is 37.5 Å². The highest BCUT2D eigenvalue weighted by molar-refractivity contribution is 6.29. The van der Waals surface area contributed by atoms with Gasteiger partial charge in [-0.1, -0.05) is 18.0 Å². The van der Waals surface area contributed by atoms with Crippen LogP contribution in [0, 0.1) is 11.7 Å². The van der Waals surface area contributed by atoms with Crippen LogP contribution >= 0.6 is 11.6 Å². The molecule has 4 atom stereocenters. The fourth-order valence-electron chi connectivity index (χ4n) is 8.11. The van der Waals surface area contributed by atoms with Crippen molar-refractivity contribution in [3.63, 3.8) is 0 Å². The Labute approximate surface area is 299 Å². The Morgan fingerprint density at radius 1 is 1.06 bits per heavy atom. The number of halogens is 2. The number of benzene rings is 1. The maximum Gasteiger partial charge on any atom is 0.254 e. The third-order valence-corrected chi connectivity index (χ3v) is 11.1. The van der Waals surface area contributed by atoms with Gasteiger partial charge in [-0.25, -0.2) is 19.3 Å². The van der Waals surface area contributed by atoms with E-state index >= 15 is 4.39 Å². The number of nitrogens with one attached hydrogen (secondary N) is 1. The van der Waals surface area contributed by atoms with E-state index in [-0.39, 0.29) is 65.4 Å². The van der Waals surface area contributed by atoms with E-state index in [2.05, 4.69) is 10.3 Å². The van der Waals surface area contributed by atoms with Crippen molar-refractivity contribution in [3.05, 3.63) is 75.9 Å². The van der Waals surface area contributed by atoms with E-state index in [1.165, 1.54) is 18.2 Å². The molecule has 3 fully saturated rings. The molecular formula is C38H40ClFN8O2. The molecule has 4 bridgehead atoms. The molecule has 2 aliphatic carbocycles. The lowest BCUT2D eigenvalue weighted by Gasteiger charge is -2.37. The summed E-state index contributed by atoms with van der Waals surface area (Å²) in [5, 5.41) is 3.59. The third kappa shape index (κ3) is 5.37. The number of pyridine rings is 2. The zero-order valence-corrected chi connectivity index (χ0v) is 28.4. The Kier molecular flexibility index (Phi) is 6.66. The van der Waals surface area contributed by atoms with Crippen LogP contribution in [0.3, 0.4) is 0 Å². The number of carbonyl (C=O) groups excluding carboxylic acids is 2. The number of rotatable bonds is 3. The molecule has 2 amide bonds. The molecule has 4 aromatic heterocycles. The summed E-state index contributed by atoms with van der Waals surface area (Å²) < 4.78 is 55.9. The van der Waals surface area contributed by atoms with E-state index in [0.29, 0.717) is 46.4 Å². The number of imidazole rings is 1. The molecule has 0 spiro atoms. The van der Waals surface area contributed by atoms with Crippen molar-refractivity contribution < 1.29 is 19.5 Å². The second-order valence-corrected chi connectivity index (χ2v) is 14.6. The smallest absolute Gasteiger partial charge is 0.254 e. The van der Waals surface area contributed by atoms with E-state index in [4.69, 9.17) is 32.8 Å². The van der Waals surface area contributed by atoms with Crippen molar-refractivity contribution in [2.75, 3.05) is 6.54 Å². The molecule has 1 aromatic carbocycles. The summed E-state index contributed by atoms with van der Waals surface area (Å²) in [6.45, 7) is 2.45. The van der Waals surface area contributed by atoms with Gasteiger partial charge in [0.25, 0.3) is 11.8 Å². The minimum atomic E-state index is -2.68. The molecule has 5 aromatic rings. The quantitative estimate of drug-likeness (QED) is 0.201. The number of amides is 2. The average Bonchev–Trinajstić information content (AvgIpc) is 3.60. The number of aromatic nitrogens is 5. The van der Waals surface area contributed by atoms with Crippen LogP contribution < -0.4 is 11.1 Å². The van der Waals surface area contributed by atoms with E-state index in [9.17, 15) is 9.59 Å². The number of nitrogens with two attached hydrogens (primary N) is 1. The summed E-state index contributed by atoms with van der Waals surface area (Å²) in [5.74, 6) is -0.487. The predicted octanol–water partition coefficient (Wildman–Crippen LogP) is 6.74.